The van der Waals surface area contributed by atoms with Crippen LogP contribution in [0.1, 0.15) is 28.4 Å². The van der Waals surface area contributed by atoms with Crippen molar-refractivity contribution in [2.75, 3.05) is 10.0 Å². The van der Waals surface area contributed by atoms with E-state index in [-0.39, 0.29) is 15.5 Å². The maximum Gasteiger partial charge on any atom is 0.263 e. The molecule has 4 aromatic carbocycles. The van der Waals surface area contributed by atoms with E-state index >= 15 is 0 Å². The first-order valence-corrected chi connectivity index (χ1v) is 13.8. The standard InChI is InChI=1S/C29H26ClN3O3S/c1-4-33-26-8-6-5-7-22(26)23-17-21(12-14-27(23)33)31-29(34)20-11-13-24(30)28(16-20)37(35,36)32-25-15-18(2)9-10-19(25)3/h5-17,32H,4H2,1-3H3,(H,31,34). The SMILES string of the molecule is CCn1c2ccccc2c2cc(NC(=O)c3ccc(Cl)c(S(=O)(=O)Nc4cc(C)ccc4C)c3)ccc21. The van der Waals surface area contributed by atoms with Crippen LogP contribution in [0.4, 0.5) is 11.4 Å². The van der Waals surface area contributed by atoms with Gasteiger partial charge in [-0.2, -0.15) is 0 Å². The van der Waals surface area contributed by atoms with Gasteiger partial charge in [0.1, 0.15) is 4.90 Å². The highest BCUT2D eigenvalue weighted by molar-refractivity contribution is 7.92. The van der Waals surface area contributed by atoms with Gasteiger partial charge in [-0.15, -0.1) is 0 Å². The summed E-state index contributed by atoms with van der Waals surface area (Å²) in [5.74, 6) is -0.432. The number of nitrogens with one attached hydrogen (secondary N) is 2. The van der Waals surface area contributed by atoms with Gasteiger partial charge in [-0.3, -0.25) is 9.52 Å². The predicted molar refractivity (Wildman–Crippen MR) is 151 cm³/mol. The van der Waals surface area contributed by atoms with Crippen LogP contribution in [-0.4, -0.2) is 18.9 Å². The molecule has 0 aliphatic heterocycles. The largest absolute Gasteiger partial charge is 0.341 e. The molecule has 0 atom stereocenters. The monoisotopic (exact) mass is 531 g/mol. The van der Waals surface area contributed by atoms with E-state index in [1.165, 1.54) is 18.2 Å². The molecular weight excluding hydrogens is 506 g/mol. The second kappa shape index (κ2) is 9.57. The summed E-state index contributed by atoms with van der Waals surface area (Å²) in [5, 5.41) is 5.07. The number of hydrogen-bond donors (Lipinski definition) is 2. The van der Waals surface area contributed by atoms with E-state index in [0.717, 1.165) is 39.5 Å². The van der Waals surface area contributed by atoms with E-state index in [4.69, 9.17) is 11.6 Å². The molecule has 5 aromatic rings. The number of halogens is 1. The van der Waals surface area contributed by atoms with Crippen LogP contribution in [0.5, 0.6) is 0 Å². The highest BCUT2D eigenvalue weighted by Crippen LogP contribution is 2.32. The molecule has 6 nitrogen and oxygen atoms in total. The van der Waals surface area contributed by atoms with E-state index in [1.54, 1.807) is 6.07 Å². The maximum absolute atomic E-state index is 13.2. The van der Waals surface area contributed by atoms with E-state index in [9.17, 15) is 13.2 Å². The molecule has 1 aromatic heterocycles. The van der Waals surface area contributed by atoms with E-state index in [1.807, 2.05) is 56.3 Å². The van der Waals surface area contributed by atoms with Crippen molar-refractivity contribution in [3.63, 3.8) is 0 Å². The van der Waals surface area contributed by atoms with Crippen LogP contribution in [0.25, 0.3) is 21.8 Å². The zero-order valence-electron chi connectivity index (χ0n) is 20.7. The van der Waals surface area contributed by atoms with Gasteiger partial charge < -0.3 is 9.88 Å². The average Bonchev–Trinajstić information content (AvgIpc) is 3.19. The molecule has 0 saturated carbocycles. The summed E-state index contributed by atoms with van der Waals surface area (Å²) in [6, 6.07) is 23.7. The summed E-state index contributed by atoms with van der Waals surface area (Å²) in [6.07, 6.45) is 0. The van der Waals surface area contributed by atoms with Crippen LogP contribution in [0, 0.1) is 13.8 Å². The molecule has 37 heavy (non-hydrogen) atoms. The number of sulfonamides is 1. The Hall–Kier alpha value is -3.81. The van der Waals surface area contributed by atoms with Gasteiger partial charge in [-0.05, 0) is 80.4 Å². The van der Waals surface area contributed by atoms with Gasteiger partial charge in [-0.25, -0.2) is 8.42 Å². The molecule has 0 unspecified atom stereocenters. The lowest BCUT2D eigenvalue weighted by Crippen LogP contribution is -2.17. The van der Waals surface area contributed by atoms with Gasteiger partial charge >= 0.3 is 0 Å². The Morgan fingerprint density at radius 3 is 2.43 bits per heavy atom. The number of benzene rings is 4. The van der Waals surface area contributed by atoms with Crippen molar-refractivity contribution >= 4 is 60.7 Å². The molecule has 8 heteroatoms. The molecule has 188 valence electrons. The Morgan fingerprint density at radius 2 is 1.65 bits per heavy atom. The summed E-state index contributed by atoms with van der Waals surface area (Å²) in [7, 11) is -4.03. The van der Waals surface area contributed by atoms with Crippen molar-refractivity contribution in [3.8, 4) is 0 Å². The van der Waals surface area contributed by atoms with Crippen LogP contribution < -0.4 is 10.0 Å². The first-order chi connectivity index (χ1) is 17.7. The Balaban J connectivity index is 1.46. The van der Waals surface area contributed by atoms with Crippen molar-refractivity contribution in [2.24, 2.45) is 0 Å². The van der Waals surface area contributed by atoms with Gasteiger partial charge in [0.05, 0.1) is 10.7 Å². The van der Waals surface area contributed by atoms with Crippen LogP contribution in [-0.2, 0) is 16.6 Å². The van der Waals surface area contributed by atoms with Gasteiger partial charge in [0.25, 0.3) is 15.9 Å². The Morgan fingerprint density at radius 1 is 0.892 bits per heavy atom. The molecule has 0 fully saturated rings. The highest BCUT2D eigenvalue weighted by atomic mass is 35.5. The van der Waals surface area contributed by atoms with Gasteiger partial charge in [0.2, 0.25) is 0 Å². The molecule has 2 N–H and O–H groups in total. The Labute approximate surface area is 220 Å². The number of para-hydroxylation sites is 1. The molecular formula is C29H26ClN3O3S. The lowest BCUT2D eigenvalue weighted by atomic mass is 10.1. The van der Waals surface area contributed by atoms with Crippen LogP contribution in [0.3, 0.4) is 0 Å². The van der Waals surface area contributed by atoms with Crippen LogP contribution in [0.15, 0.2) is 83.8 Å². The number of carbonyl (C=O) groups is 1. The maximum atomic E-state index is 13.2. The summed E-state index contributed by atoms with van der Waals surface area (Å²) < 4.78 is 31.2. The van der Waals surface area contributed by atoms with Crippen molar-refractivity contribution in [1.29, 1.82) is 0 Å². The van der Waals surface area contributed by atoms with Crippen molar-refractivity contribution < 1.29 is 13.2 Å². The quantitative estimate of drug-likeness (QED) is 0.244. The number of carbonyl (C=O) groups excluding carboxylic acids is 1. The first kappa shape index (κ1) is 24.9. The van der Waals surface area contributed by atoms with Crippen LogP contribution in [0.2, 0.25) is 5.02 Å². The number of nitrogens with zero attached hydrogens (tertiary/aromatic N) is 1. The van der Waals surface area contributed by atoms with Crippen molar-refractivity contribution in [2.45, 2.75) is 32.2 Å². The normalized spacial score (nSPS) is 11.7. The minimum Gasteiger partial charge on any atom is -0.341 e. The summed E-state index contributed by atoms with van der Waals surface area (Å²) in [4.78, 5) is 13.0. The fourth-order valence-corrected chi connectivity index (χ4v) is 6.22. The third kappa shape index (κ3) is 4.68. The van der Waals surface area contributed by atoms with E-state index in [0.29, 0.717) is 11.4 Å². The number of hydrogen-bond acceptors (Lipinski definition) is 3. The third-order valence-corrected chi connectivity index (χ3v) is 8.31. The topological polar surface area (TPSA) is 80.2 Å². The number of fused-ring (bicyclic) bond motifs is 3. The molecule has 0 aliphatic rings. The van der Waals surface area contributed by atoms with Crippen molar-refractivity contribution in [3.05, 3.63) is 101 Å². The van der Waals surface area contributed by atoms with Crippen molar-refractivity contribution in [1.82, 2.24) is 4.57 Å². The third-order valence-electron chi connectivity index (χ3n) is 6.47. The number of aromatic nitrogens is 1. The number of anilines is 2. The molecule has 1 heterocycles. The number of amides is 1. The fourth-order valence-electron chi connectivity index (χ4n) is 4.57. The fraction of sp³-hybridized carbons (Fsp3) is 0.138. The lowest BCUT2D eigenvalue weighted by molar-refractivity contribution is 0.102. The molecule has 0 spiro atoms. The van der Waals surface area contributed by atoms with E-state index < -0.39 is 15.9 Å². The molecule has 0 radical (unpaired) electrons. The first-order valence-electron chi connectivity index (χ1n) is 11.9. The summed E-state index contributed by atoms with van der Waals surface area (Å²) >= 11 is 6.27. The van der Waals surface area contributed by atoms with Crippen LogP contribution >= 0.6 is 11.6 Å². The second-order valence-corrected chi connectivity index (χ2v) is 11.1. The molecule has 0 bridgehead atoms. The van der Waals surface area contributed by atoms with Gasteiger partial charge in [0, 0.05) is 39.6 Å². The minimum absolute atomic E-state index is 0.0307. The average molecular weight is 532 g/mol. The van der Waals surface area contributed by atoms with E-state index in [2.05, 4.69) is 33.7 Å². The van der Waals surface area contributed by atoms with Gasteiger partial charge in [0.15, 0.2) is 0 Å². The molecule has 5 rings (SSSR count). The Bertz CT molecular complexity index is 1790. The molecule has 0 saturated heterocycles. The van der Waals surface area contributed by atoms with Gasteiger partial charge in [-0.1, -0.05) is 41.9 Å². The number of rotatable bonds is 6. The zero-order chi connectivity index (χ0) is 26.3. The second-order valence-electron chi connectivity index (χ2n) is 9.02. The Kier molecular flexibility index (Phi) is 6.43. The highest BCUT2D eigenvalue weighted by Gasteiger charge is 2.21. The lowest BCUT2D eigenvalue weighted by Gasteiger charge is -2.13. The predicted octanol–water partition coefficient (Wildman–Crippen LogP) is 7.14. The molecule has 1 amide bonds. The summed E-state index contributed by atoms with van der Waals surface area (Å²) in [5.41, 5.74) is 5.17. The number of aryl methyl sites for hydroxylation is 3. The molecule has 0 aliphatic carbocycles. The minimum atomic E-state index is -4.03. The summed E-state index contributed by atoms with van der Waals surface area (Å²) in [6.45, 7) is 6.63. The smallest absolute Gasteiger partial charge is 0.263 e. The zero-order valence-corrected chi connectivity index (χ0v) is 22.2.